The summed E-state index contributed by atoms with van der Waals surface area (Å²) in [4.78, 5) is 16.2. The quantitative estimate of drug-likeness (QED) is 0.693. The molecule has 0 fully saturated rings. The topological polar surface area (TPSA) is 80.0 Å². The minimum atomic E-state index is -0.0928. The van der Waals surface area contributed by atoms with Gasteiger partial charge in [0.05, 0.1) is 0 Å². The van der Waals surface area contributed by atoms with Crippen LogP contribution < -0.4 is 10.6 Å². The molecule has 1 amide bonds. The summed E-state index contributed by atoms with van der Waals surface area (Å²) in [6.45, 7) is 3.31. The van der Waals surface area contributed by atoms with E-state index in [-0.39, 0.29) is 5.91 Å². The molecule has 3 aromatic rings. The van der Waals surface area contributed by atoms with Gasteiger partial charge in [0.1, 0.15) is 17.3 Å². The molecule has 3 rings (SSSR count). The third-order valence-electron chi connectivity index (χ3n) is 3.67. The summed E-state index contributed by atoms with van der Waals surface area (Å²) in [6.07, 6.45) is 2.32. The number of amides is 1. The lowest BCUT2D eigenvalue weighted by Gasteiger charge is -2.03. The Kier molecular flexibility index (Phi) is 5.41. The molecule has 6 nitrogen and oxygen atoms in total. The van der Waals surface area contributed by atoms with Crippen molar-refractivity contribution in [3.8, 4) is 11.3 Å². The first-order valence-electron chi connectivity index (χ1n) is 8.25. The monoisotopic (exact) mass is 336 g/mol. The van der Waals surface area contributed by atoms with Crippen molar-refractivity contribution in [2.45, 2.75) is 13.3 Å². The molecule has 6 heteroatoms. The van der Waals surface area contributed by atoms with Crippen molar-refractivity contribution >= 4 is 11.7 Å². The third kappa shape index (κ3) is 4.44. The first-order valence-corrected chi connectivity index (χ1v) is 8.25. The molecule has 25 heavy (non-hydrogen) atoms. The standard InChI is InChI=1S/C19H20N4O2/c1-2-20-18-12-15(8-10-21-18)17-13-16(25-23-17)9-11-22-19(24)14-6-4-3-5-7-14/h3-8,10,12-13H,2,9,11H2,1H3,(H,20,21)(H,22,24). The van der Waals surface area contributed by atoms with Crippen LogP contribution in [0.5, 0.6) is 0 Å². The molecule has 2 heterocycles. The maximum absolute atomic E-state index is 12.0. The maximum Gasteiger partial charge on any atom is 0.251 e. The van der Waals surface area contributed by atoms with E-state index in [0.717, 1.165) is 29.4 Å². The smallest absolute Gasteiger partial charge is 0.251 e. The largest absolute Gasteiger partial charge is 0.370 e. The van der Waals surface area contributed by atoms with Gasteiger partial charge in [-0.15, -0.1) is 0 Å². The zero-order chi connectivity index (χ0) is 17.5. The summed E-state index contributed by atoms with van der Waals surface area (Å²) in [5.41, 5.74) is 2.34. The highest BCUT2D eigenvalue weighted by atomic mass is 16.5. The number of aromatic nitrogens is 2. The second-order valence-electron chi connectivity index (χ2n) is 5.51. The van der Waals surface area contributed by atoms with Crippen molar-refractivity contribution in [2.24, 2.45) is 0 Å². The molecule has 0 spiro atoms. The van der Waals surface area contributed by atoms with Gasteiger partial charge in [-0.2, -0.15) is 0 Å². The molecule has 0 bridgehead atoms. The number of pyridine rings is 1. The van der Waals surface area contributed by atoms with Crippen LogP contribution in [0.15, 0.2) is 59.3 Å². The van der Waals surface area contributed by atoms with Gasteiger partial charge in [-0.1, -0.05) is 23.4 Å². The van der Waals surface area contributed by atoms with Gasteiger partial charge in [-0.05, 0) is 31.2 Å². The van der Waals surface area contributed by atoms with Gasteiger partial charge in [-0.25, -0.2) is 4.98 Å². The van der Waals surface area contributed by atoms with Crippen LogP contribution in [0.4, 0.5) is 5.82 Å². The van der Waals surface area contributed by atoms with E-state index in [2.05, 4.69) is 20.8 Å². The Morgan fingerprint density at radius 1 is 1.16 bits per heavy atom. The molecule has 0 saturated carbocycles. The maximum atomic E-state index is 12.0. The number of rotatable bonds is 7. The molecule has 0 aliphatic rings. The summed E-state index contributed by atoms with van der Waals surface area (Å²) in [6, 6.07) is 14.8. The lowest BCUT2D eigenvalue weighted by atomic mass is 10.1. The van der Waals surface area contributed by atoms with Crippen molar-refractivity contribution in [1.82, 2.24) is 15.5 Å². The number of hydrogen-bond donors (Lipinski definition) is 2. The van der Waals surface area contributed by atoms with Gasteiger partial charge in [0.15, 0.2) is 0 Å². The number of hydrogen-bond acceptors (Lipinski definition) is 5. The van der Waals surface area contributed by atoms with E-state index in [1.165, 1.54) is 0 Å². The van der Waals surface area contributed by atoms with E-state index in [4.69, 9.17) is 4.52 Å². The highest BCUT2D eigenvalue weighted by Gasteiger charge is 2.09. The van der Waals surface area contributed by atoms with E-state index in [1.54, 1.807) is 18.3 Å². The van der Waals surface area contributed by atoms with Crippen molar-refractivity contribution < 1.29 is 9.32 Å². The SMILES string of the molecule is CCNc1cc(-c2cc(CCNC(=O)c3ccccc3)on2)ccn1. The summed E-state index contributed by atoms with van der Waals surface area (Å²) in [5.74, 6) is 1.44. The van der Waals surface area contributed by atoms with Gasteiger partial charge in [0.2, 0.25) is 0 Å². The van der Waals surface area contributed by atoms with E-state index in [0.29, 0.717) is 18.5 Å². The molecule has 0 saturated heterocycles. The number of nitrogens with zero attached hydrogens (tertiary/aromatic N) is 2. The molecule has 128 valence electrons. The summed E-state index contributed by atoms with van der Waals surface area (Å²) in [7, 11) is 0. The Morgan fingerprint density at radius 2 is 2.00 bits per heavy atom. The molecular weight excluding hydrogens is 316 g/mol. The number of benzene rings is 1. The van der Waals surface area contributed by atoms with Gasteiger partial charge in [-0.3, -0.25) is 4.79 Å². The highest BCUT2D eigenvalue weighted by Crippen LogP contribution is 2.21. The van der Waals surface area contributed by atoms with E-state index < -0.39 is 0 Å². The van der Waals surface area contributed by atoms with Gasteiger partial charge in [0.25, 0.3) is 5.91 Å². The average molecular weight is 336 g/mol. The Hall–Kier alpha value is -3.15. The fraction of sp³-hybridized carbons (Fsp3) is 0.211. The van der Waals surface area contributed by atoms with Crippen LogP contribution >= 0.6 is 0 Å². The normalized spacial score (nSPS) is 10.4. The molecule has 0 aliphatic carbocycles. The molecule has 2 aromatic heterocycles. The summed E-state index contributed by atoms with van der Waals surface area (Å²) in [5, 5.41) is 10.1. The van der Waals surface area contributed by atoms with E-state index in [9.17, 15) is 4.79 Å². The van der Waals surface area contributed by atoms with Crippen LogP contribution in [0.2, 0.25) is 0 Å². The lowest BCUT2D eigenvalue weighted by molar-refractivity contribution is 0.0953. The number of carbonyl (C=O) groups excluding carboxylic acids is 1. The molecule has 0 aliphatic heterocycles. The van der Waals surface area contributed by atoms with Crippen LogP contribution in [0.25, 0.3) is 11.3 Å². The number of carbonyl (C=O) groups is 1. The van der Waals surface area contributed by atoms with Crippen LogP contribution in [-0.2, 0) is 6.42 Å². The number of nitrogens with one attached hydrogen (secondary N) is 2. The zero-order valence-electron chi connectivity index (χ0n) is 14.0. The first kappa shape index (κ1) is 16.7. The van der Waals surface area contributed by atoms with Crippen LogP contribution in [0.3, 0.4) is 0 Å². The molecule has 0 atom stereocenters. The van der Waals surface area contributed by atoms with E-state index in [1.807, 2.05) is 43.3 Å². The molecule has 1 aromatic carbocycles. The Labute approximate surface area is 146 Å². The van der Waals surface area contributed by atoms with Crippen molar-refractivity contribution in [3.63, 3.8) is 0 Å². The predicted octanol–water partition coefficient (Wildman–Crippen LogP) is 3.14. The summed E-state index contributed by atoms with van der Waals surface area (Å²) < 4.78 is 5.36. The van der Waals surface area contributed by atoms with Crippen LogP contribution in [-0.4, -0.2) is 29.1 Å². The van der Waals surface area contributed by atoms with Crippen molar-refractivity contribution in [1.29, 1.82) is 0 Å². The van der Waals surface area contributed by atoms with Crippen molar-refractivity contribution in [2.75, 3.05) is 18.4 Å². The minimum Gasteiger partial charge on any atom is -0.370 e. The Morgan fingerprint density at radius 3 is 2.80 bits per heavy atom. The highest BCUT2D eigenvalue weighted by molar-refractivity contribution is 5.94. The molecule has 0 radical (unpaired) electrons. The van der Waals surface area contributed by atoms with Gasteiger partial charge >= 0.3 is 0 Å². The van der Waals surface area contributed by atoms with Crippen LogP contribution in [0.1, 0.15) is 23.0 Å². The predicted molar refractivity (Wildman–Crippen MR) is 96.4 cm³/mol. The number of anilines is 1. The molecule has 2 N–H and O–H groups in total. The van der Waals surface area contributed by atoms with Gasteiger partial charge in [0, 0.05) is 42.9 Å². The molecule has 0 unspecified atom stereocenters. The first-order chi connectivity index (χ1) is 12.3. The van der Waals surface area contributed by atoms with Gasteiger partial charge < -0.3 is 15.2 Å². The minimum absolute atomic E-state index is 0.0928. The fourth-order valence-corrected chi connectivity index (χ4v) is 2.43. The van der Waals surface area contributed by atoms with E-state index >= 15 is 0 Å². The van der Waals surface area contributed by atoms with Crippen molar-refractivity contribution in [3.05, 3.63) is 66.1 Å². The Bertz CT molecular complexity index is 830. The third-order valence-corrected chi connectivity index (χ3v) is 3.67. The Balaban J connectivity index is 1.57. The summed E-state index contributed by atoms with van der Waals surface area (Å²) >= 11 is 0. The zero-order valence-corrected chi connectivity index (χ0v) is 14.0. The second-order valence-corrected chi connectivity index (χ2v) is 5.51. The fourth-order valence-electron chi connectivity index (χ4n) is 2.43. The molecular formula is C19H20N4O2. The second kappa shape index (κ2) is 8.10. The average Bonchev–Trinajstić information content (AvgIpc) is 3.12. The lowest BCUT2D eigenvalue weighted by Crippen LogP contribution is -2.25. The van der Waals surface area contributed by atoms with Crippen LogP contribution in [0, 0.1) is 0 Å².